The molecule has 5 heteroatoms. The number of aromatic nitrogens is 1. The lowest BCUT2D eigenvalue weighted by Gasteiger charge is -2.15. The first-order valence-electron chi connectivity index (χ1n) is 6.19. The first-order valence-corrected chi connectivity index (χ1v) is 6.19. The monoisotopic (exact) mass is 247 g/mol. The van der Waals surface area contributed by atoms with Crippen LogP contribution in [0.25, 0.3) is 0 Å². The van der Waals surface area contributed by atoms with Gasteiger partial charge >= 0.3 is 0 Å². The highest BCUT2D eigenvalue weighted by atomic mass is 16.2. The fraction of sp³-hybridized carbons (Fsp3) is 0.462. The van der Waals surface area contributed by atoms with Crippen molar-refractivity contribution in [3.05, 3.63) is 24.5 Å². The van der Waals surface area contributed by atoms with Crippen molar-refractivity contribution < 1.29 is 9.59 Å². The van der Waals surface area contributed by atoms with E-state index in [1.165, 1.54) is 0 Å². The smallest absolute Gasteiger partial charge is 0.229 e. The Morgan fingerprint density at radius 3 is 3.11 bits per heavy atom. The molecule has 2 amide bonds. The van der Waals surface area contributed by atoms with Crippen LogP contribution in [0.15, 0.2) is 24.5 Å². The van der Waals surface area contributed by atoms with Gasteiger partial charge in [-0.25, -0.2) is 0 Å². The standard InChI is InChI=1S/C13H17N3O2/c1-2-6-16-9-10(7-12(16)17)13(18)15-11-4-3-5-14-8-11/h3-5,8,10H,2,6-7,9H2,1H3,(H,15,18)/t10-/m0/s1. The Morgan fingerprint density at radius 2 is 2.44 bits per heavy atom. The Labute approximate surface area is 106 Å². The molecule has 0 aliphatic carbocycles. The summed E-state index contributed by atoms with van der Waals surface area (Å²) in [5.41, 5.74) is 0.670. The summed E-state index contributed by atoms with van der Waals surface area (Å²) in [6.07, 6.45) is 4.48. The van der Waals surface area contributed by atoms with E-state index in [0.717, 1.165) is 13.0 Å². The summed E-state index contributed by atoms with van der Waals surface area (Å²) in [6, 6.07) is 3.55. The number of pyridine rings is 1. The van der Waals surface area contributed by atoms with Crippen molar-refractivity contribution in [2.24, 2.45) is 5.92 Å². The third kappa shape index (κ3) is 2.85. The highest BCUT2D eigenvalue weighted by Crippen LogP contribution is 2.19. The summed E-state index contributed by atoms with van der Waals surface area (Å²) in [6.45, 7) is 3.28. The van der Waals surface area contributed by atoms with Crippen molar-refractivity contribution in [1.29, 1.82) is 0 Å². The van der Waals surface area contributed by atoms with E-state index in [0.29, 0.717) is 18.7 Å². The van der Waals surface area contributed by atoms with Crippen LogP contribution in [0.1, 0.15) is 19.8 Å². The molecule has 2 heterocycles. The van der Waals surface area contributed by atoms with Crippen LogP contribution in [0.3, 0.4) is 0 Å². The molecule has 0 saturated carbocycles. The van der Waals surface area contributed by atoms with Crippen molar-refractivity contribution in [3.8, 4) is 0 Å². The van der Waals surface area contributed by atoms with E-state index in [1.54, 1.807) is 29.4 Å². The van der Waals surface area contributed by atoms with Gasteiger partial charge in [0.2, 0.25) is 11.8 Å². The third-order valence-corrected chi connectivity index (χ3v) is 3.01. The predicted molar refractivity (Wildman–Crippen MR) is 67.8 cm³/mol. The van der Waals surface area contributed by atoms with E-state index >= 15 is 0 Å². The second-order valence-electron chi connectivity index (χ2n) is 4.47. The molecule has 0 bridgehead atoms. The fourth-order valence-corrected chi connectivity index (χ4v) is 2.11. The molecule has 2 rings (SSSR count). The number of rotatable bonds is 4. The summed E-state index contributed by atoms with van der Waals surface area (Å²) >= 11 is 0. The Hall–Kier alpha value is -1.91. The predicted octanol–water partition coefficient (Wildman–Crippen LogP) is 1.28. The van der Waals surface area contributed by atoms with Gasteiger partial charge in [0.15, 0.2) is 0 Å². The summed E-state index contributed by atoms with van der Waals surface area (Å²) in [5.74, 6) is -0.276. The molecular formula is C13H17N3O2. The number of likely N-dealkylation sites (tertiary alicyclic amines) is 1. The SMILES string of the molecule is CCCN1C[C@@H](C(=O)Nc2cccnc2)CC1=O. The lowest BCUT2D eigenvalue weighted by atomic mass is 10.1. The molecule has 5 nitrogen and oxygen atoms in total. The maximum Gasteiger partial charge on any atom is 0.229 e. The Morgan fingerprint density at radius 1 is 1.61 bits per heavy atom. The van der Waals surface area contributed by atoms with E-state index < -0.39 is 0 Å². The van der Waals surface area contributed by atoms with Crippen LogP contribution in [-0.2, 0) is 9.59 Å². The first-order chi connectivity index (χ1) is 8.70. The van der Waals surface area contributed by atoms with Gasteiger partial charge < -0.3 is 10.2 Å². The van der Waals surface area contributed by atoms with Crippen LogP contribution < -0.4 is 5.32 Å². The number of hydrogen-bond donors (Lipinski definition) is 1. The topological polar surface area (TPSA) is 62.3 Å². The second-order valence-corrected chi connectivity index (χ2v) is 4.47. The highest BCUT2D eigenvalue weighted by Gasteiger charge is 2.33. The summed E-state index contributed by atoms with van der Waals surface area (Å²) in [5, 5.41) is 2.79. The largest absolute Gasteiger partial charge is 0.342 e. The molecule has 1 atom stereocenters. The quantitative estimate of drug-likeness (QED) is 0.871. The number of carbonyl (C=O) groups excluding carboxylic acids is 2. The van der Waals surface area contributed by atoms with Crippen molar-refractivity contribution in [2.75, 3.05) is 18.4 Å². The second kappa shape index (κ2) is 5.62. The van der Waals surface area contributed by atoms with Crippen molar-refractivity contribution >= 4 is 17.5 Å². The van der Waals surface area contributed by atoms with Crippen LogP contribution in [0.4, 0.5) is 5.69 Å². The fourth-order valence-electron chi connectivity index (χ4n) is 2.11. The van der Waals surface area contributed by atoms with E-state index in [9.17, 15) is 9.59 Å². The lowest BCUT2D eigenvalue weighted by molar-refractivity contribution is -0.128. The molecule has 0 aromatic carbocycles. The zero-order valence-corrected chi connectivity index (χ0v) is 10.4. The van der Waals surface area contributed by atoms with Crippen LogP contribution in [0, 0.1) is 5.92 Å². The van der Waals surface area contributed by atoms with Crippen LogP contribution in [0.2, 0.25) is 0 Å². The van der Waals surface area contributed by atoms with Crippen LogP contribution >= 0.6 is 0 Å². The van der Waals surface area contributed by atoms with Crippen LogP contribution in [0.5, 0.6) is 0 Å². The molecule has 18 heavy (non-hydrogen) atoms. The molecule has 0 spiro atoms. The number of nitrogens with zero attached hydrogens (tertiary/aromatic N) is 2. The van der Waals surface area contributed by atoms with Gasteiger partial charge in [-0.05, 0) is 18.6 Å². The number of hydrogen-bond acceptors (Lipinski definition) is 3. The van der Waals surface area contributed by atoms with Gasteiger partial charge in [0.05, 0.1) is 17.8 Å². The Kier molecular flexibility index (Phi) is 3.92. The van der Waals surface area contributed by atoms with E-state index in [-0.39, 0.29) is 17.7 Å². The molecule has 1 aliphatic heterocycles. The molecule has 1 saturated heterocycles. The van der Waals surface area contributed by atoms with Gasteiger partial charge in [0, 0.05) is 25.7 Å². The molecule has 96 valence electrons. The summed E-state index contributed by atoms with van der Waals surface area (Å²) in [7, 11) is 0. The zero-order valence-electron chi connectivity index (χ0n) is 10.4. The Balaban J connectivity index is 1.93. The number of carbonyl (C=O) groups is 2. The van der Waals surface area contributed by atoms with Gasteiger partial charge in [-0.2, -0.15) is 0 Å². The number of amides is 2. The van der Waals surface area contributed by atoms with Crippen LogP contribution in [-0.4, -0.2) is 34.8 Å². The van der Waals surface area contributed by atoms with Gasteiger partial charge in [-0.15, -0.1) is 0 Å². The average molecular weight is 247 g/mol. The molecule has 0 unspecified atom stereocenters. The van der Waals surface area contributed by atoms with E-state index in [4.69, 9.17) is 0 Å². The number of anilines is 1. The maximum atomic E-state index is 12.0. The molecule has 1 fully saturated rings. The molecule has 1 N–H and O–H groups in total. The zero-order chi connectivity index (χ0) is 13.0. The maximum absolute atomic E-state index is 12.0. The van der Waals surface area contributed by atoms with Crippen molar-refractivity contribution in [2.45, 2.75) is 19.8 Å². The highest BCUT2D eigenvalue weighted by molar-refractivity contribution is 5.97. The van der Waals surface area contributed by atoms with Gasteiger partial charge in [0.25, 0.3) is 0 Å². The average Bonchev–Trinajstić information content (AvgIpc) is 2.73. The molecule has 1 aromatic rings. The minimum atomic E-state index is -0.246. The van der Waals surface area contributed by atoms with Gasteiger partial charge in [-0.3, -0.25) is 14.6 Å². The Bertz CT molecular complexity index is 433. The minimum absolute atomic E-state index is 0.0724. The van der Waals surface area contributed by atoms with E-state index in [1.807, 2.05) is 6.92 Å². The molecular weight excluding hydrogens is 230 g/mol. The van der Waals surface area contributed by atoms with Crippen molar-refractivity contribution in [3.63, 3.8) is 0 Å². The normalized spacial score (nSPS) is 19.1. The molecule has 1 aliphatic rings. The van der Waals surface area contributed by atoms with Crippen molar-refractivity contribution in [1.82, 2.24) is 9.88 Å². The third-order valence-electron chi connectivity index (χ3n) is 3.01. The van der Waals surface area contributed by atoms with Gasteiger partial charge in [0.1, 0.15) is 0 Å². The first kappa shape index (κ1) is 12.5. The molecule has 1 aromatic heterocycles. The number of nitrogens with one attached hydrogen (secondary N) is 1. The summed E-state index contributed by atoms with van der Waals surface area (Å²) in [4.78, 5) is 29.3. The summed E-state index contributed by atoms with van der Waals surface area (Å²) < 4.78 is 0. The minimum Gasteiger partial charge on any atom is -0.342 e. The van der Waals surface area contributed by atoms with E-state index in [2.05, 4.69) is 10.3 Å². The molecule has 0 radical (unpaired) electrons. The lowest BCUT2D eigenvalue weighted by Crippen LogP contribution is -2.28. The van der Waals surface area contributed by atoms with Gasteiger partial charge in [-0.1, -0.05) is 6.92 Å².